The Balaban J connectivity index is 0.00000192. The zero-order valence-corrected chi connectivity index (χ0v) is 15.1. The lowest BCUT2D eigenvalue weighted by Gasteiger charge is -2.30. The van der Waals surface area contributed by atoms with Crippen molar-refractivity contribution < 1.29 is 8.42 Å². The second-order valence-electron chi connectivity index (χ2n) is 5.57. The lowest BCUT2D eigenvalue weighted by molar-refractivity contribution is 0.271. The van der Waals surface area contributed by atoms with Gasteiger partial charge in [0.2, 0.25) is 10.0 Å². The van der Waals surface area contributed by atoms with Gasteiger partial charge in [0.15, 0.2) is 0 Å². The zero-order chi connectivity index (χ0) is 15.7. The summed E-state index contributed by atoms with van der Waals surface area (Å²) >= 11 is 6.16. The molecule has 3 rings (SSSR count). The van der Waals surface area contributed by atoms with E-state index in [9.17, 15) is 8.42 Å². The first-order chi connectivity index (χ1) is 10.5. The number of hydrogen-bond donors (Lipinski definition) is 2. The smallest absolute Gasteiger partial charge is 0.245 e. The van der Waals surface area contributed by atoms with E-state index in [0.717, 1.165) is 19.4 Å². The Morgan fingerprint density at radius 2 is 2.13 bits per heavy atom. The Morgan fingerprint density at radius 3 is 2.78 bits per heavy atom. The van der Waals surface area contributed by atoms with Crippen molar-refractivity contribution in [2.45, 2.75) is 17.7 Å². The maximum absolute atomic E-state index is 12.9. The summed E-state index contributed by atoms with van der Waals surface area (Å²) in [6.45, 7) is 2.01. The van der Waals surface area contributed by atoms with E-state index in [4.69, 9.17) is 11.6 Å². The van der Waals surface area contributed by atoms with Crippen LogP contribution < -0.4 is 5.32 Å². The van der Waals surface area contributed by atoms with Crippen LogP contribution >= 0.6 is 24.0 Å². The Labute approximate surface area is 147 Å². The molecule has 0 amide bonds. The molecule has 128 valence electrons. The minimum Gasteiger partial charge on any atom is -0.345 e. The topological polar surface area (TPSA) is 78.1 Å². The summed E-state index contributed by atoms with van der Waals surface area (Å²) in [6, 6.07) is 1.61. The SMILES string of the molecule is CNCC1CCN(S(=O)(=O)c2c[nH]c3nccc(Cl)c23)CC1.Cl. The number of nitrogens with zero attached hydrogens (tertiary/aromatic N) is 2. The molecule has 0 bridgehead atoms. The third-order valence-corrected chi connectivity index (χ3v) is 6.41. The first-order valence-electron chi connectivity index (χ1n) is 7.30. The van der Waals surface area contributed by atoms with Crippen LogP contribution in [0.4, 0.5) is 0 Å². The Morgan fingerprint density at radius 1 is 1.43 bits per heavy atom. The van der Waals surface area contributed by atoms with Gasteiger partial charge in [-0.15, -0.1) is 12.4 Å². The second kappa shape index (κ2) is 7.36. The fourth-order valence-corrected chi connectivity index (χ4v) is 4.92. The minimum atomic E-state index is -3.55. The highest BCUT2D eigenvalue weighted by Gasteiger charge is 2.31. The summed E-state index contributed by atoms with van der Waals surface area (Å²) in [5.41, 5.74) is 0.496. The molecule has 0 aromatic carbocycles. The van der Waals surface area contributed by atoms with Crippen molar-refractivity contribution in [3.8, 4) is 0 Å². The molecular weight excluding hydrogens is 359 g/mol. The molecule has 3 heterocycles. The average Bonchev–Trinajstić information content (AvgIpc) is 2.94. The summed E-state index contributed by atoms with van der Waals surface area (Å²) in [6.07, 6.45) is 4.78. The molecule has 1 saturated heterocycles. The lowest BCUT2D eigenvalue weighted by Crippen LogP contribution is -2.40. The van der Waals surface area contributed by atoms with Crippen LogP contribution in [-0.4, -0.2) is 49.4 Å². The molecule has 0 spiro atoms. The molecular formula is C14H20Cl2N4O2S. The summed E-state index contributed by atoms with van der Waals surface area (Å²) in [7, 11) is -1.63. The minimum absolute atomic E-state index is 0. The van der Waals surface area contributed by atoms with Crippen LogP contribution in [0.5, 0.6) is 0 Å². The van der Waals surface area contributed by atoms with Crippen molar-refractivity contribution in [3.05, 3.63) is 23.5 Å². The molecule has 2 aromatic heterocycles. The van der Waals surface area contributed by atoms with Crippen molar-refractivity contribution >= 4 is 45.1 Å². The van der Waals surface area contributed by atoms with E-state index in [1.165, 1.54) is 6.20 Å². The van der Waals surface area contributed by atoms with Gasteiger partial charge in [-0.1, -0.05) is 11.6 Å². The number of hydrogen-bond acceptors (Lipinski definition) is 4. The van der Waals surface area contributed by atoms with Gasteiger partial charge in [0.25, 0.3) is 0 Å². The van der Waals surface area contributed by atoms with Gasteiger partial charge >= 0.3 is 0 Å². The number of piperidine rings is 1. The Hall–Kier alpha value is -0.860. The zero-order valence-electron chi connectivity index (χ0n) is 12.8. The van der Waals surface area contributed by atoms with Crippen LogP contribution in [0, 0.1) is 5.92 Å². The summed E-state index contributed by atoms with van der Waals surface area (Å²) in [5, 5.41) is 4.02. The Kier molecular flexibility index (Phi) is 5.91. The number of fused-ring (bicyclic) bond motifs is 1. The van der Waals surface area contributed by atoms with Crippen molar-refractivity contribution in [1.29, 1.82) is 0 Å². The number of H-pyrrole nitrogens is 1. The molecule has 9 heteroatoms. The number of pyridine rings is 1. The molecule has 0 aliphatic carbocycles. The van der Waals surface area contributed by atoms with Gasteiger partial charge < -0.3 is 10.3 Å². The van der Waals surface area contributed by atoms with E-state index in [2.05, 4.69) is 15.3 Å². The largest absolute Gasteiger partial charge is 0.345 e. The average molecular weight is 379 g/mol. The van der Waals surface area contributed by atoms with E-state index in [-0.39, 0.29) is 17.3 Å². The number of aromatic nitrogens is 2. The highest BCUT2D eigenvalue weighted by molar-refractivity contribution is 7.89. The van der Waals surface area contributed by atoms with Gasteiger partial charge in [-0.25, -0.2) is 13.4 Å². The molecule has 0 unspecified atom stereocenters. The van der Waals surface area contributed by atoms with Crippen LogP contribution in [0.15, 0.2) is 23.4 Å². The lowest BCUT2D eigenvalue weighted by atomic mass is 9.98. The van der Waals surface area contributed by atoms with E-state index >= 15 is 0 Å². The quantitative estimate of drug-likeness (QED) is 0.854. The first-order valence-corrected chi connectivity index (χ1v) is 9.12. The molecule has 1 aliphatic rings. The highest BCUT2D eigenvalue weighted by atomic mass is 35.5. The fraction of sp³-hybridized carbons (Fsp3) is 0.500. The van der Waals surface area contributed by atoms with Crippen molar-refractivity contribution in [2.75, 3.05) is 26.7 Å². The van der Waals surface area contributed by atoms with Crippen molar-refractivity contribution in [2.24, 2.45) is 5.92 Å². The van der Waals surface area contributed by atoms with Gasteiger partial charge in [-0.3, -0.25) is 0 Å². The number of rotatable bonds is 4. The summed E-state index contributed by atoms with van der Waals surface area (Å²) in [4.78, 5) is 7.23. The monoisotopic (exact) mass is 378 g/mol. The van der Waals surface area contributed by atoms with Crippen LogP contribution in [0.3, 0.4) is 0 Å². The van der Waals surface area contributed by atoms with Crippen LogP contribution in [0.1, 0.15) is 12.8 Å². The fourth-order valence-electron chi connectivity index (χ4n) is 2.97. The van der Waals surface area contributed by atoms with Gasteiger partial charge in [-0.05, 0) is 38.4 Å². The van der Waals surface area contributed by atoms with Crippen LogP contribution in [0.25, 0.3) is 11.0 Å². The molecule has 2 N–H and O–H groups in total. The van der Waals surface area contributed by atoms with Gasteiger partial charge in [0.1, 0.15) is 10.5 Å². The third kappa shape index (κ3) is 3.49. The van der Waals surface area contributed by atoms with Gasteiger partial charge in [0, 0.05) is 25.5 Å². The number of halogens is 2. The predicted molar refractivity (Wildman–Crippen MR) is 93.8 cm³/mol. The maximum atomic E-state index is 12.9. The van der Waals surface area contributed by atoms with Gasteiger partial charge in [0.05, 0.1) is 10.4 Å². The van der Waals surface area contributed by atoms with Gasteiger partial charge in [-0.2, -0.15) is 4.31 Å². The number of nitrogens with one attached hydrogen (secondary N) is 2. The van der Waals surface area contributed by atoms with E-state index in [0.29, 0.717) is 35.1 Å². The van der Waals surface area contributed by atoms with Crippen LogP contribution in [0.2, 0.25) is 5.02 Å². The first kappa shape index (κ1) is 18.5. The van der Waals surface area contributed by atoms with E-state index in [1.54, 1.807) is 16.6 Å². The molecule has 0 atom stereocenters. The van der Waals surface area contributed by atoms with Crippen molar-refractivity contribution in [3.63, 3.8) is 0 Å². The predicted octanol–water partition coefficient (Wildman–Crippen LogP) is 2.26. The Bertz CT molecular complexity index is 770. The molecule has 6 nitrogen and oxygen atoms in total. The maximum Gasteiger partial charge on any atom is 0.245 e. The standard InChI is InChI=1S/C14H19ClN4O2S.ClH/c1-16-8-10-3-6-19(7-4-10)22(20,21)12-9-18-14-13(12)11(15)2-5-17-14;/h2,5,9-10,16H,3-4,6-8H2,1H3,(H,17,18);1H. The number of sulfonamides is 1. The molecule has 2 aromatic rings. The molecule has 0 radical (unpaired) electrons. The van der Waals surface area contributed by atoms with E-state index in [1.807, 2.05) is 7.05 Å². The van der Waals surface area contributed by atoms with E-state index < -0.39 is 10.0 Å². The van der Waals surface area contributed by atoms with Crippen molar-refractivity contribution in [1.82, 2.24) is 19.6 Å². The van der Waals surface area contributed by atoms with Crippen LogP contribution in [-0.2, 0) is 10.0 Å². The molecule has 1 aliphatic heterocycles. The number of aromatic amines is 1. The molecule has 23 heavy (non-hydrogen) atoms. The summed E-state index contributed by atoms with van der Waals surface area (Å²) < 4.78 is 27.3. The summed E-state index contributed by atoms with van der Waals surface area (Å²) in [5.74, 6) is 0.532. The normalized spacial score (nSPS) is 17.3. The molecule has 1 fully saturated rings. The second-order valence-corrected chi connectivity index (χ2v) is 7.89. The molecule has 0 saturated carbocycles. The highest BCUT2D eigenvalue weighted by Crippen LogP contribution is 2.31. The third-order valence-electron chi connectivity index (χ3n) is 4.17.